The lowest BCUT2D eigenvalue weighted by Crippen LogP contribution is -2.46. The number of carboxylic acids is 1. The Morgan fingerprint density at radius 1 is 1.17 bits per heavy atom. The van der Waals surface area contributed by atoms with Gasteiger partial charge in [0.15, 0.2) is 0 Å². The maximum Gasteiger partial charge on any atom is 0.416 e. The predicted molar refractivity (Wildman–Crippen MR) is 77.4 cm³/mol. The fourth-order valence-corrected chi connectivity index (χ4v) is 2.40. The quantitative estimate of drug-likeness (QED) is 0.781. The molecule has 1 fully saturated rings. The van der Waals surface area contributed by atoms with Gasteiger partial charge in [0.25, 0.3) is 5.91 Å². The van der Waals surface area contributed by atoms with Gasteiger partial charge in [-0.3, -0.25) is 14.4 Å². The summed E-state index contributed by atoms with van der Waals surface area (Å²) in [6, 6.07) is 2.17. The number of carboxylic acid groups (broad SMARTS) is 1. The summed E-state index contributed by atoms with van der Waals surface area (Å²) in [7, 11) is 0. The van der Waals surface area contributed by atoms with Gasteiger partial charge in [-0.2, -0.15) is 13.2 Å². The molecule has 24 heavy (non-hydrogen) atoms. The van der Waals surface area contributed by atoms with Crippen molar-refractivity contribution in [1.82, 2.24) is 5.32 Å². The molecule has 0 unspecified atom stereocenters. The van der Waals surface area contributed by atoms with E-state index in [0.717, 1.165) is 19.1 Å². The monoisotopic (exact) mass is 344 g/mol. The lowest BCUT2D eigenvalue weighted by molar-refractivity contribution is -0.145. The first kappa shape index (κ1) is 17.8. The minimum absolute atomic E-state index is 0.139. The van der Waals surface area contributed by atoms with Crippen molar-refractivity contribution in [2.75, 3.05) is 5.32 Å². The second kappa shape index (κ2) is 6.50. The van der Waals surface area contributed by atoms with E-state index >= 15 is 0 Å². The average Bonchev–Trinajstić information content (AvgIpc) is 2.39. The van der Waals surface area contributed by atoms with E-state index in [-0.39, 0.29) is 24.1 Å². The maximum atomic E-state index is 12.9. The van der Waals surface area contributed by atoms with Crippen LogP contribution in [0.4, 0.5) is 18.9 Å². The van der Waals surface area contributed by atoms with E-state index in [9.17, 15) is 27.6 Å². The zero-order valence-electron chi connectivity index (χ0n) is 12.6. The molecule has 0 aliphatic heterocycles. The molecule has 0 atom stereocenters. The van der Waals surface area contributed by atoms with Gasteiger partial charge in [-0.25, -0.2) is 0 Å². The van der Waals surface area contributed by atoms with E-state index in [2.05, 4.69) is 10.6 Å². The third-order valence-electron chi connectivity index (χ3n) is 3.67. The Morgan fingerprint density at radius 3 is 2.29 bits per heavy atom. The molecule has 0 bridgehead atoms. The van der Waals surface area contributed by atoms with E-state index in [4.69, 9.17) is 5.11 Å². The third kappa shape index (κ3) is 4.24. The first-order valence-electron chi connectivity index (χ1n) is 7.10. The molecule has 1 aromatic carbocycles. The number of hydrogen-bond acceptors (Lipinski definition) is 3. The number of benzene rings is 1. The van der Waals surface area contributed by atoms with Crippen LogP contribution in [0, 0.1) is 5.92 Å². The highest BCUT2D eigenvalue weighted by atomic mass is 19.4. The number of amides is 2. The van der Waals surface area contributed by atoms with Crippen molar-refractivity contribution in [3.05, 3.63) is 29.3 Å². The van der Waals surface area contributed by atoms with Crippen LogP contribution in [-0.4, -0.2) is 28.9 Å². The molecule has 0 aromatic heterocycles. The van der Waals surface area contributed by atoms with E-state index in [1.165, 1.54) is 0 Å². The number of nitrogens with one attached hydrogen (secondary N) is 2. The van der Waals surface area contributed by atoms with Crippen LogP contribution in [0.3, 0.4) is 0 Å². The summed E-state index contributed by atoms with van der Waals surface area (Å²) in [4.78, 5) is 33.9. The fraction of sp³-hybridized carbons (Fsp3) is 0.400. The van der Waals surface area contributed by atoms with Gasteiger partial charge in [-0.1, -0.05) is 0 Å². The highest BCUT2D eigenvalue weighted by molar-refractivity contribution is 5.97. The molecule has 1 saturated carbocycles. The van der Waals surface area contributed by atoms with Gasteiger partial charge in [0.2, 0.25) is 5.91 Å². The Hall–Kier alpha value is -2.58. The molecule has 0 heterocycles. The zero-order chi connectivity index (χ0) is 18.1. The molecule has 1 aromatic rings. The first-order chi connectivity index (χ1) is 11.1. The number of carbonyl (C=O) groups excluding carboxylic acids is 2. The molecule has 2 rings (SSSR count). The maximum absolute atomic E-state index is 12.9. The molecule has 3 N–H and O–H groups in total. The molecular formula is C15H15F3N2O4. The number of aliphatic carboxylic acids is 1. The number of halogens is 3. The zero-order valence-corrected chi connectivity index (χ0v) is 12.6. The van der Waals surface area contributed by atoms with E-state index in [1.807, 2.05) is 0 Å². The van der Waals surface area contributed by atoms with Crippen molar-refractivity contribution < 1.29 is 32.7 Å². The van der Waals surface area contributed by atoms with Gasteiger partial charge in [0.1, 0.15) is 0 Å². The Bertz CT molecular complexity index is 682. The summed E-state index contributed by atoms with van der Waals surface area (Å²) < 4.78 is 38.8. The van der Waals surface area contributed by atoms with Gasteiger partial charge in [-0.15, -0.1) is 0 Å². The van der Waals surface area contributed by atoms with Crippen molar-refractivity contribution in [3.63, 3.8) is 0 Å². The lowest BCUT2D eigenvalue weighted by Gasteiger charge is -2.32. The molecule has 1 aliphatic rings. The third-order valence-corrected chi connectivity index (χ3v) is 3.67. The molecule has 1 aliphatic carbocycles. The van der Waals surface area contributed by atoms with Crippen LogP contribution < -0.4 is 10.6 Å². The SMILES string of the molecule is CC(=O)Nc1cc(C(=O)NC2CC(C(=O)O)C2)cc(C(F)(F)F)c1. The van der Waals surface area contributed by atoms with Gasteiger partial charge in [-0.05, 0) is 31.0 Å². The van der Waals surface area contributed by atoms with E-state index in [1.54, 1.807) is 0 Å². The van der Waals surface area contributed by atoms with Crippen LogP contribution in [0.25, 0.3) is 0 Å². The summed E-state index contributed by atoms with van der Waals surface area (Å²) >= 11 is 0. The van der Waals surface area contributed by atoms with Crippen molar-refractivity contribution in [2.45, 2.75) is 32.0 Å². The van der Waals surface area contributed by atoms with E-state index in [0.29, 0.717) is 6.07 Å². The highest BCUT2D eigenvalue weighted by Gasteiger charge is 2.36. The summed E-state index contributed by atoms with van der Waals surface area (Å²) in [5, 5.41) is 13.5. The number of rotatable bonds is 4. The fourth-order valence-electron chi connectivity index (χ4n) is 2.40. The lowest BCUT2D eigenvalue weighted by atomic mass is 9.80. The molecule has 6 nitrogen and oxygen atoms in total. The van der Waals surface area contributed by atoms with Gasteiger partial charge >= 0.3 is 12.1 Å². The Balaban J connectivity index is 2.17. The minimum atomic E-state index is -4.67. The topological polar surface area (TPSA) is 95.5 Å². The molecular weight excluding hydrogens is 329 g/mol. The van der Waals surface area contributed by atoms with E-state index < -0.39 is 41.5 Å². The Labute approximate surface area is 135 Å². The first-order valence-corrected chi connectivity index (χ1v) is 7.10. The van der Waals surface area contributed by atoms with Gasteiger partial charge in [0.05, 0.1) is 11.5 Å². The van der Waals surface area contributed by atoms with Crippen LogP contribution in [0.2, 0.25) is 0 Å². The normalized spacial score (nSPS) is 20.0. The number of anilines is 1. The predicted octanol–water partition coefficient (Wildman–Crippen LogP) is 2.26. The number of carbonyl (C=O) groups is 3. The second-order valence-electron chi connectivity index (χ2n) is 5.65. The highest BCUT2D eigenvalue weighted by Crippen LogP contribution is 2.32. The van der Waals surface area contributed by atoms with Crippen LogP contribution in [-0.2, 0) is 15.8 Å². The van der Waals surface area contributed by atoms with Gasteiger partial charge < -0.3 is 15.7 Å². The van der Waals surface area contributed by atoms with Crippen molar-refractivity contribution in [3.8, 4) is 0 Å². The van der Waals surface area contributed by atoms with Crippen LogP contribution in [0.1, 0.15) is 35.7 Å². The molecule has 0 radical (unpaired) electrons. The average molecular weight is 344 g/mol. The van der Waals surface area contributed by atoms with Crippen molar-refractivity contribution in [1.29, 1.82) is 0 Å². The van der Waals surface area contributed by atoms with Crippen LogP contribution in [0.5, 0.6) is 0 Å². The standard InChI is InChI=1S/C15H15F3N2O4/c1-7(21)19-12-3-8(2-10(6-12)15(16,17)18)13(22)20-11-4-9(5-11)14(23)24/h2-3,6,9,11H,4-5H2,1H3,(H,19,21)(H,20,22)(H,23,24). The van der Waals surface area contributed by atoms with Crippen LogP contribution >= 0.6 is 0 Å². The number of alkyl halides is 3. The molecule has 2 amide bonds. The molecule has 0 spiro atoms. The summed E-state index contributed by atoms with van der Waals surface area (Å²) in [5.74, 6) is -2.83. The van der Waals surface area contributed by atoms with Crippen LogP contribution in [0.15, 0.2) is 18.2 Å². The molecule has 130 valence electrons. The van der Waals surface area contributed by atoms with Gasteiger partial charge in [0, 0.05) is 24.2 Å². The Kier molecular flexibility index (Phi) is 4.81. The second-order valence-corrected chi connectivity index (χ2v) is 5.65. The van der Waals surface area contributed by atoms with Crippen molar-refractivity contribution >= 4 is 23.5 Å². The Morgan fingerprint density at radius 2 is 1.79 bits per heavy atom. The minimum Gasteiger partial charge on any atom is -0.481 e. The molecule has 0 saturated heterocycles. The number of hydrogen-bond donors (Lipinski definition) is 3. The summed E-state index contributed by atoms with van der Waals surface area (Å²) in [5.41, 5.74) is -1.46. The largest absolute Gasteiger partial charge is 0.481 e. The van der Waals surface area contributed by atoms with Crippen molar-refractivity contribution in [2.24, 2.45) is 5.92 Å². The smallest absolute Gasteiger partial charge is 0.416 e. The molecule has 9 heteroatoms. The summed E-state index contributed by atoms with van der Waals surface area (Å²) in [6.45, 7) is 1.14. The summed E-state index contributed by atoms with van der Waals surface area (Å²) in [6.07, 6.45) is -4.20.